The van der Waals surface area contributed by atoms with E-state index in [4.69, 9.17) is 10.5 Å². The van der Waals surface area contributed by atoms with E-state index in [2.05, 4.69) is 0 Å². The highest BCUT2D eigenvalue weighted by Crippen LogP contribution is 2.27. The second-order valence-electron chi connectivity index (χ2n) is 4.30. The Labute approximate surface area is 117 Å². The maximum atomic E-state index is 12.4. The Kier molecular flexibility index (Phi) is 3.79. The molecule has 2 aromatic rings. The number of hydrogen-bond donors (Lipinski definition) is 2. The van der Waals surface area contributed by atoms with Crippen molar-refractivity contribution < 1.29 is 14.6 Å². The summed E-state index contributed by atoms with van der Waals surface area (Å²) in [4.78, 5) is 13.9. The van der Waals surface area contributed by atoms with Gasteiger partial charge in [-0.15, -0.1) is 0 Å². The number of nitrogens with zero attached hydrogens (tertiary/aromatic N) is 1. The van der Waals surface area contributed by atoms with E-state index in [1.54, 1.807) is 37.4 Å². The van der Waals surface area contributed by atoms with Crippen molar-refractivity contribution in [3.63, 3.8) is 0 Å². The number of rotatable bonds is 3. The van der Waals surface area contributed by atoms with Crippen LogP contribution >= 0.6 is 0 Å². The molecule has 2 aromatic carbocycles. The number of carbonyl (C=O) groups excluding carboxylic acids is 1. The van der Waals surface area contributed by atoms with Gasteiger partial charge in [-0.25, -0.2) is 0 Å². The Bertz CT molecular complexity index is 624. The van der Waals surface area contributed by atoms with E-state index in [-0.39, 0.29) is 11.7 Å². The number of hydrogen-bond acceptors (Lipinski definition) is 4. The average Bonchev–Trinajstić information content (AvgIpc) is 2.47. The van der Waals surface area contributed by atoms with Crippen LogP contribution in [0.4, 0.5) is 11.4 Å². The summed E-state index contributed by atoms with van der Waals surface area (Å²) in [6.45, 7) is 0. The van der Waals surface area contributed by atoms with E-state index in [0.717, 1.165) is 0 Å². The zero-order valence-corrected chi connectivity index (χ0v) is 11.3. The molecule has 0 aliphatic rings. The van der Waals surface area contributed by atoms with Crippen molar-refractivity contribution in [2.24, 2.45) is 0 Å². The van der Waals surface area contributed by atoms with E-state index >= 15 is 0 Å². The molecule has 0 aliphatic carbocycles. The molecule has 0 atom stereocenters. The largest absolute Gasteiger partial charge is 0.508 e. The number of aromatic hydroxyl groups is 1. The topological polar surface area (TPSA) is 75.8 Å². The minimum Gasteiger partial charge on any atom is -0.508 e. The van der Waals surface area contributed by atoms with Crippen molar-refractivity contribution in [2.75, 3.05) is 24.8 Å². The third-order valence-electron chi connectivity index (χ3n) is 3.06. The number of amides is 1. The lowest BCUT2D eigenvalue weighted by Crippen LogP contribution is -2.27. The van der Waals surface area contributed by atoms with Gasteiger partial charge in [-0.2, -0.15) is 0 Å². The van der Waals surface area contributed by atoms with Gasteiger partial charge in [-0.1, -0.05) is 6.07 Å². The Morgan fingerprint density at radius 2 is 1.85 bits per heavy atom. The molecule has 5 heteroatoms. The number of carbonyl (C=O) groups is 1. The van der Waals surface area contributed by atoms with Gasteiger partial charge >= 0.3 is 0 Å². The van der Waals surface area contributed by atoms with Crippen LogP contribution in [0, 0.1) is 0 Å². The molecule has 0 aliphatic heterocycles. The number of nitrogen functional groups attached to an aromatic ring is 1. The van der Waals surface area contributed by atoms with Gasteiger partial charge < -0.3 is 20.5 Å². The summed E-state index contributed by atoms with van der Waals surface area (Å²) in [5.74, 6) is 0.373. The van der Waals surface area contributed by atoms with Crippen molar-refractivity contribution in [1.82, 2.24) is 0 Å². The predicted molar refractivity (Wildman–Crippen MR) is 78.2 cm³/mol. The smallest absolute Gasteiger partial charge is 0.260 e. The molecule has 0 aromatic heterocycles. The Balaban J connectivity index is 2.34. The first-order valence-electron chi connectivity index (χ1n) is 6.04. The first-order valence-corrected chi connectivity index (χ1v) is 6.04. The monoisotopic (exact) mass is 272 g/mol. The van der Waals surface area contributed by atoms with Crippen LogP contribution in [0.5, 0.6) is 11.5 Å². The first-order chi connectivity index (χ1) is 9.54. The molecule has 3 N–H and O–H groups in total. The highest BCUT2D eigenvalue weighted by molar-refractivity contribution is 6.09. The Morgan fingerprint density at radius 1 is 1.20 bits per heavy atom. The number of methoxy groups -OCH3 is 1. The van der Waals surface area contributed by atoms with Crippen LogP contribution in [0.3, 0.4) is 0 Å². The van der Waals surface area contributed by atoms with Gasteiger partial charge in [0.2, 0.25) is 0 Å². The van der Waals surface area contributed by atoms with Crippen molar-refractivity contribution in [3.8, 4) is 11.5 Å². The lowest BCUT2D eigenvalue weighted by Gasteiger charge is -2.19. The molecule has 1 amide bonds. The number of anilines is 2. The van der Waals surface area contributed by atoms with Crippen LogP contribution < -0.4 is 15.4 Å². The molecular weight excluding hydrogens is 256 g/mol. The normalized spacial score (nSPS) is 10.1. The molecule has 0 heterocycles. The Hall–Kier alpha value is -2.69. The van der Waals surface area contributed by atoms with Crippen molar-refractivity contribution >= 4 is 17.3 Å². The number of ether oxygens (including phenoxy) is 1. The van der Waals surface area contributed by atoms with Crippen LogP contribution in [0.1, 0.15) is 10.4 Å². The third kappa shape index (κ3) is 2.51. The summed E-state index contributed by atoms with van der Waals surface area (Å²) in [7, 11) is 3.15. The number of phenols is 1. The van der Waals surface area contributed by atoms with E-state index in [1.807, 2.05) is 0 Å². The second kappa shape index (κ2) is 5.52. The predicted octanol–water partition coefficient (Wildman–Crippen LogP) is 2.26. The molecule has 0 saturated carbocycles. The summed E-state index contributed by atoms with van der Waals surface area (Å²) in [5, 5.41) is 9.27. The van der Waals surface area contributed by atoms with Crippen LogP contribution in [0.15, 0.2) is 42.5 Å². The van der Waals surface area contributed by atoms with Gasteiger partial charge in [0.25, 0.3) is 5.91 Å². The van der Waals surface area contributed by atoms with E-state index in [1.165, 1.54) is 24.1 Å². The fourth-order valence-electron chi connectivity index (χ4n) is 1.88. The van der Waals surface area contributed by atoms with Crippen LogP contribution in [-0.2, 0) is 0 Å². The molecule has 0 saturated heterocycles. The minimum absolute atomic E-state index is 0.149. The molecule has 0 spiro atoms. The zero-order chi connectivity index (χ0) is 14.7. The van der Waals surface area contributed by atoms with Gasteiger partial charge in [0.1, 0.15) is 11.5 Å². The zero-order valence-electron chi connectivity index (χ0n) is 11.3. The van der Waals surface area contributed by atoms with Crippen molar-refractivity contribution in [3.05, 3.63) is 48.0 Å². The number of para-hydroxylation sites is 1. The summed E-state index contributed by atoms with van der Waals surface area (Å²) in [5.41, 5.74) is 7.27. The fourth-order valence-corrected chi connectivity index (χ4v) is 1.88. The summed E-state index contributed by atoms with van der Waals surface area (Å²) in [6.07, 6.45) is 0. The number of benzene rings is 2. The molecule has 0 fully saturated rings. The number of nitrogens with two attached hydrogens (primary N) is 1. The maximum Gasteiger partial charge on any atom is 0.260 e. The van der Waals surface area contributed by atoms with Crippen molar-refractivity contribution in [2.45, 2.75) is 0 Å². The molecule has 5 nitrogen and oxygen atoms in total. The SMILES string of the molecule is COc1cccc(C(=O)N(C)c2ccc(O)cc2)c1N. The maximum absolute atomic E-state index is 12.4. The minimum atomic E-state index is -0.243. The number of phenolic OH excluding ortho intramolecular Hbond substituents is 1. The molecule has 0 bridgehead atoms. The van der Waals surface area contributed by atoms with Gasteiger partial charge in [0.05, 0.1) is 18.4 Å². The molecule has 20 heavy (non-hydrogen) atoms. The average molecular weight is 272 g/mol. The van der Waals surface area contributed by atoms with Gasteiger partial charge in [-0.3, -0.25) is 4.79 Å². The molecule has 104 valence electrons. The van der Waals surface area contributed by atoms with E-state index < -0.39 is 0 Å². The summed E-state index contributed by atoms with van der Waals surface area (Å²) in [6, 6.07) is 11.4. The van der Waals surface area contributed by atoms with Crippen molar-refractivity contribution in [1.29, 1.82) is 0 Å². The first kappa shape index (κ1) is 13.7. The second-order valence-corrected chi connectivity index (χ2v) is 4.30. The quantitative estimate of drug-likeness (QED) is 0.840. The van der Waals surface area contributed by atoms with Gasteiger partial charge in [0.15, 0.2) is 0 Å². The lowest BCUT2D eigenvalue weighted by molar-refractivity contribution is 0.0993. The van der Waals surface area contributed by atoms with Gasteiger partial charge in [0, 0.05) is 12.7 Å². The van der Waals surface area contributed by atoms with Crippen LogP contribution in [-0.4, -0.2) is 25.2 Å². The van der Waals surface area contributed by atoms with E-state index in [0.29, 0.717) is 22.7 Å². The summed E-state index contributed by atoms with van der Waals surface area (Å²) < 4.78 is 5.11. The van der Waals surface area contributed by atoms with Crippen LogP contribution in [0.2, 0.25) is 0 Å². The highest BCUT2D eigenvalue weighted by atomic mass is 16.5. The molecular formula is C15H16N2O3. The lowest BCUT2D eigenvalue weighted by atomic mass is 10.1. The van der Waals surface area contributed by atoms with Crippen LogP contribution in [0.25, 0.3) is 0 Å². The van der Waals surface area contributed by atoms with Gasteiger partial charge in [-0.05, 0) is 36.4 Å². The molecule has 0 radical (unpaired) electrons. The summed E-state index contributed by atoms with van der Waals surface area (Å²) >= 11 is 0. The standard InChI is InChI=1S/C15H16N2O3/c1-17(10-6-8-11(18)9-7-10)15(19)12-4-3-5-13(20-2)14(12)16/h3-9,18H,16H2,1-2H3. The third-order valence-corrected chi connectivity index (χ3v) is 3.06. The molecule has 2 rings (SSSR count). The highest BCUT2D eigenvalue weighted by Gasteiger charge is 2.18. The molecule has 0 unspecified atom stereocenters. The van der Waals surface area contributed by atoms with E-state index in [9.17, 15) is 9.90 Å². The fraction of sp³-hybridized carbons (Fsp3) is 0.133. The Morgan fingerprint density at radius 3 is 2.45 bits per heavy atom.